The number of nitrogens with one attached hydrogen (secondary N) is 1. The Morgan fingerprint density at radius 1 is 1.04 bits per heavy atom. The van der Waals surface area contributed by atoms with Crippen molar-refractivity contribution in [1.82, 2.24) is 5.32 Å². The second-order valence-electron chi connectivity index (χ2n) is 5.94. The van der Waals surface area contributed by atoms with Crippen LogP contribution in [0.2, 0.25) is 0 Å². The highest BCUT2D eigenvalue weighted by molar-refractivity contribution is 5.85. The van der Waals surface area contributed by atoms with Crippen LogP contribution in [0.4, 0.5) is 4.79 Å². The number of carbonyl (C=O) groups excluding carboxylic acids is 1. The molecule has 1 unspecified atom stereocenters. The summed E-state index contributed by atoms with van der Waals surface area (Å²) in [5.41, 5.74) is 9.85. The van der Waals surface area contributed by atoms with Gasteiger partial charge in [-0.25, -0.2) is 9.59 Å². The number of amides is 1. The van der Waals surface area contributed by atoms with Gasteiger partial charge in [0.25, 0.3) is 0 Å². The van der Waals surface area contributed by atoms with Crippen molar-refractivity contribution in [3.05, 3.63) is 59.7 Å². The first kappa shape index (κ1) is 22.8. The van der Waals surface area contributed by atoms with Crippen LogP contribution in [0.15, 0.2) is 48.5 Å². The molecule has 0 bridgehead atoms. The maximum Gasteiger partial charge on any atom is 0.407 e. The van der Waals surface area contributed by atoms with Gasteiger partial charge < -0.3 is 20.9 Å². The lowest BCUT2D eigenvalue weighted by molar-refractivity contribution is -0.139. The predicted octanol–water partition coefficient (Wildman–Crippen LogP) is 3.17. The van der Waals surface area contributed by atoms with E-state index < -0.39 is 18.1 Å². The number of hydrogen-bond acceptors (Lipinski definition) is 4. The second kappa shape index (κ2) is 10.2. The number of ether oxygens (including phenoxy) is 1. The molecule has 0 aromatic heterocycles. The van der Waals surface area contributed by atoms with Crippen molar-refractivity contribution in [2.24, 2.45) is 5.73 Å². The summed E-state index contributed by atoms with van der Waals surface area (Å²) in [4.78, 5) is 23.1. The van der Waals surface area contributed by atoms with Gasteiger partial charge >= 0.3 is 12.1 Å². The third-order valence-corrected chi connectivity index (χ3v) is 4.39. The van der Waals surface area contributed by atoms with Gasteiger partial charge in [-0.1, -0.05) is 48.5 Å². The molecule has 6 nitrogen and oxygen atoms in total. The smallest absolute Gasteiger partial charge is 0.407 e. The van der Waals surface area contributed by atoms with Gasteiger partial charge in [-0.3, -0.25) is 0 Å². The highest BCUT2D eigenvalue weighted by Gasteiger charge is 2.29. The molecule has 2 aromatic carbocycles. The maximum atomic E-state index is 12.0. The van der Waals surface area contributed by atoms with Crippen LogP contribution in [-0.2, 0) is 9.53 Å². The summed E-state index contributed by atoms with van der Waals surface area (Å²) in [6.07, 6.45) is -0.595. The lowest BCUT2D eigenvalue weighted by Crippen LogP contribution is -2.42. The Bertz CT molecular complexity index is 755. The van der Waals surface area contributed by atoms with Gasteiger partial charge in [-0.15, -0.1) is 24.8 Å². The molecule has 4 N–H and O–H groups in total. The van der Waals surface area contributed by atoms with E-state index in [4.69, 9.17) is 15.6 Å². The summed E-state index contributed by atoms with van der Waals surface area (Å²) in [7, 11) is 0. The zero-order valence-corrected chi connectivity index (χ0v) is 16.1. The number of fused-ring (bicyclic) bond motifs is 3. The van der Waals surface area contributed by atoms with Gasteiger partial charge in [0.15, 0.2) is 0 Å². The largest absolute Gasteiger partial charge is 0.480 e. The van der Waals surface area contributed by atoms with E-state index in [-0.39, 0.29) is 50.3 Å². The van der Waals surface area contributed by atoms with Gasteiger partial charge in [0.05, 0.1) is 0 Å². The number of aliphatic carboxylic acids is 1. The monoisotopic (exact) mass is 412 g/mol. The van der Waals surface area contributed by atoms with Crippen LogP contribution in [0, 0.1) is 0 Å². The highest BCUT2D eigenvalue weighted by atomic mass is 35.5. The zero-order chi connectivity index (χ0) is 17.8. The van der Waals surface area contributed by atoms with Crippen LogP contribution in [0.5, 0.6) is 0 Å². The third kappa shape index (κ3) is 4.91. The molecule has 0 spiro atoms. The van der Waals surface area contributed by atoms with Crippen LogP contribution in [0.1, 0.15) is 23.5 Å². The first-order valence-corrected chi connectivity index (χ1v) is 8.16. The van der Waals surface area contributed by atoms with Gasteiger partial charge in [-0.2, -0.15) is 0 Å². The molecule has 2 aromatic rings. The Labute approximate surface area is 169 Å². The van der Waals surface area contributed by atoms with Crippen LogP contribution >= 0.6 is 24.8 Å². The van der Waals surface area contributed by atoms with Crippen molar-refractivity contribution < 1.29 is 19.4 Å². The van der Waals surface area contributed by atoms with E-state index in [0.29, 0.717) is 0 Å². The molecule has 1 aliphatic carbocycles. The fourth-order valence-corrected chi connectivity index (χ4v) is 3.21. The molecule has 0 aliphatic heterocycles. The summed E-state index contributed by atoms with van der Waals surface area (Å²) in [6, 6.07) is 15.0. The number of rotatable bonds is 6. The van der Waals surface area contributed by atoms with Gasteiger partial charge in [0, 0.05) is 5.92 Å². The van der Waals surface area contributed by atoms with Crippen LogP contribution in [0.25, 0.3) is 11.1 Å². The van der Waals surface area contributed by atoms with E-state index in [0.717, 1.165) is 22.3 Å². The first-order chi connectivity index (χ1) is 12.1. The quantitative estimate of drug-likeness (QED) is 0.675. The Hall–Kier alpha value is -2.28. The van der Waals surface area contributed by atoms with Crippen molar-refractivity contribution in [2.45, 2.75) is 18.4 Å². The lowest BCUT2D eigenvalue weighted by atomic mass is 9.98. The molecule has 0 saturated carbocycles. The van der Waals surface area contributed by atoms with Gasteiger partial charge in [0.1, 0.15) is 12.6 Å². The molecule has 0 radical (unpaired) electrons. The van der Waals surface area contributed by atoms with Gasteiger partial charge in [-0.05, 0) is 35.2 Å². The minimum atomic E-state index is -1.13. The molecule has 1 amide bonds. The summed E-state index contributed by atoms with van der Waals surface area (Å²) in [5.74, 6) is -1.19. The van der Waals surface area contributed by atoms with E-state index in [1.54, 1.807) is 0 Å². The van der Waals surface area contributed by atoms with Gasteiger partial charge in [0.2, 0.25) is 0 Å². The number of carbonyl (C=O) groups is 2. The lowest BCUT2D eigenvalue weighted by Gasteiger charge is -2.17. The minimum Gasteiger partial charge on any atom is -0.480 e. The van der Waals surface area contributed by atoms with Crippen molar-refractivity contribution in [2.75, 3.05) is 13.2 Å². The fourth-order valence-electron chi connectivity index (χ4n) is 3.21. The zero-order valence-electron chi connectivity index (χ0n) is 14.5. The Morgan fingerprint density at radius 3 is 2.04 bits per heavy atom. The molecule has 8 heteroatoms. The SMILES string of the molecule is Cl.Cl.NCCC(NC(=O)OCC1c2ccccc2-c2ccccc21)C(=O)O. The molecule has 1 atom stereocenters. The molecule has 0 heterocycles. The van der Waals surface area contributed by atoms with Crippen molar-refractivity contribution in [3.8, 4) is 11.1 Å². The molecule has 3 rings (SSSR count). The number of carboxylic acids is 1. The van der Waals surface area contributed by atoms with Crippen molar-refractivity contribution >= 4 is 36.9 Å². The Kier molecular flexibility index (Phi) is 8.56. The normalized spacial score (nSPS) is 12.6. The number of halogens is 2. The average Bonchev–Trinajstić information content (AvgIpc) is 2.93. The summed E-state index contributed by atoms with van der Waals surface area (Å²) in [6.45, 7) is 0.315. The first-order valence-electron chi connectivity index (χ1n) is 8.16. The van der Waals surface area contributed by atoms with E-state index in [2.05, 4.69) is 17.4 Å². The molecular weight excluding hydrogens is 391 g/mol. The molecule has 0 fully saturated rings. The number of alkyl carbamates (subject to hydrolysis) is 1. The predicted molar refractivity (Wildman–Crippen MR) is 108 cm³/mol. The minimum absolute atomic E-state index is 0. The number of benzene rings is 2. The van der Waals surface area contributed by atoms with Crippen molar-refractivity contribution in [3.63, 3.8) is 0 Å². The Morgan fingerprint density at radius 2 is 1.56 bits per heavy atom. The third-order valence-electron chi connectivity index (χ3n) is 4.39. The highest BCUT2D eigenvalue weighted by Crippen LogP contribution is 2.44. The number of nitrogens with two attached hydrogens (primary N) is 1. The van der Waals surface area contributed by atoms with E-state index in [9.17, 15) is 9.59 Å². The van der Waals surface area contributed by atoms with E-state index >= 15 is 0 Å². The summed E-state index contributed by atoms with van der Waals surface area (Å²) >= 11 is 0. The van der Waals surface area contributed by atoms with Crippen LogP contribution < -0.4 is 11.1 Å². The molecule has 146 valence electrons. The second-order valence-corrected chi connectivity index (χ2v) is 5.94. The standard InChI is InChI=1S/C19H20N2O4.2ClH/c20-10-9-17(18(22)23)21-19(24)25-11-16-14-7-3-1-5-12(14)13-6-2-4-8-15(13)16;;/h1-8,16-17H,9-11,20H2,(H,21,24)(H,22,23);2*1H. The average molecular weight is 413 g/mol. The maximum absolute atomic E-state index is 12.0. The van der Waals surface area contributed by atoms with Crippen LogP contribution in [0.3, 0.4) is 0 Å². The fraction of sp³-hybridized carbons (Fsp3) is 0.263. The van der Waals surface area contributed by atoms with E-state index in [1.165, 1.54) is 0 Å². The van der Waals surface area contributed by atoms with Crippen LogP contribution in [-0.4, -0.2) is 36.4 Å². The van der Waals surface area contributed by atoms with E-state index in [1.807, 2.05) is 36.4 Å². The Balaban J connectivity index is 0.00000182. The number of hydrogen-bond donors (Lipinski definition) is 3. The number of carboxylic acid groups (broad SMARTS) is 1. The summed E-state index contributed by atoms with van der Waals surface area (Å²) in [5, 5.41) is 11.4. The topological polar surface area (TPSA) is 102 Å². The molecule has 1 aliphatic rings. The molecule has 27 heavy (non-hydrogen) atoms. The molecule has 0 saturated heterocycles. The molecular formula is C19H22Cl2N2O4. The van der Waals surface area contributed by atoms with Crippen molar-refractivity contribution in [1.29, 1.82) is 0 Å². The summed E-state index contributed by atoms with van der Waals surface area (Å²) < 4.78 is 5.31.